The lowest BCUT2D eigenvalue weighted by molar-refractivity contribution is -0.0555. The first kappa shape index (κ1) is 24.3. The zero-order valence-electron chi connectivity index (χ0n) is 20.6. The van der Waals surface area contributed by atoms with Gasteiger partial charge < -0.3 is 0 Å². The lowest BCUT2D eigenvalue weighted by Gasteiger charge is -2.58. The van der Waals surface area contributed by atoms with Crippen LogP contribution < -0.4 is 0 Å². The van der Waals surface area contributed by atoms with E-state index in [1.807, 2.05) is 0 Å². The molecule has 0 spiro atoms. The summed E-state index contributed by atoms with van der Waals surface area (Å²) in [5, 5.41) is 0. The van der Waals surface area contributed by atoms with Gasteiger partial charge in [-0.1, -0.05) is 65.5 Å². The van der Waals surface area contributed by atoms with Crippen molar-refractivity contribution in [3.63, 3.8) is 0 Å². The van der Waals surface area contributed by atoms with Crippen LogP contribution in [0.1, 0.15) is 105 Å². The Kier molecular flexibility index (Phi) is 7.38. The van der Waals surface area contributed by atoms with Gasteiger partial charge in [-0.15, -0.1) is 4.52 Å². The molecule has 0 aromatic heterocycles. The summed E-state index contributed by atoms with van der Waals surface area (Å²) in [4.78, 5) is 0. The zero-order valence-corrected chi connectivity index (χ0v) is 22.4. The fourth-order valence-corrected chi connectivity index (χ4v) is 9.70. The average Bonchev–Trinajstić information content (AvgIpc) is 3.05. The van der Waals surface area contributed by atoms with Gasteiger partial charge in [0, 0.05) is 6.42 Å². The van der Waals surface area contributed by atoms with Crippen molar-refractivity contribution >= 4 is 19.5 Å². The fourth-order valence-electron chi connectivity index (χ4n) is 8.87. The third-order valence-corrected chi connectivity index (χ3v) is 11.3. The molecular formula is C27H46O2PS+. The molecule has 0 saturated heterocycles. The minimum absolute atomic E-state index is 0.105. The Bertz CT molecular complexity index is 705. The molecule has 4 rings (SSSR count). The second-order valence-electron chi connectivity index (χ2n) is 12.5. The van der Waals surface area contributed by atoms with Gasteiger partial charge in [0.2, 0.25) is 0 Å². The van der Waals surface area contributed by atoms with Crippen LogP contribution in [0.15, 0.2) is 11.6 Å². The van der Waals surface area contributed by atoms with E-state index < -0.39 is 7.23 Å². The molecule has 0 bridgehead atoms. The van der Waals surface area contributed by atoms with Gasteiger partial charge in [0.25, 0.3) is 0 Å². The number of fused-ring (bicyclic) bond motifs is 5. The Hall–Kier alpha value is 0.150. The van der Waals surface area contributed by atoms with Gasteiger partial charge in [0.15, 0.2) is 0 Å². The molecule has 9 atom stereocenters. The molecule has 0 N–H and O–H groups in total. The second kappa shape index (κ2) is 9.42. The normalized spacial score (nSPS) is 43.6. The van der Waals surface area contributed by atoms with Crippen LogP contribution in [0, 0.1) is 46.3 Å². The number of allylic oxidation sites excluding steroid dienone is 1. The predicted molar refractivity (Wildman–Crippen MR) is 135 cm³/mol. The molecule has 31 heavy (non-hydrogen) atoms. The van der Waals surface area contributed by atoms with Crippen molar-refractivity contribution in [3.05, 3.63) is 11.6 Å². The van der Waals surface area contributed by atoms with E-state index in [2.05, 4.69) is 52.9 Å². The van der Waals surface area contributed by atoms with Gasteiger partial charge in [-0.05, 0) is 95.8 Å². The van der Waals surface area contributed by atoms with Gasteiger partial charge >= 0.3 is 7.23 Å². The number of thiol groups is 1. The van der Waals surface area contributed by atoms with E-state index in [0.29, 0.717) is 10.8 Å². The highest BCUT2D eigenvalue weighted by Crippen LogP contribution is 2.67. The quantitative estimate of drug-likeness (QED) is 0.231. The Balaban J connectivity index is 1.47. The minimum atomic E-state index is -1.80. The van der Waals surface area contributed by atoms with Crippen molar-refractivity contribution in [2.45, 2.75) is 111 Å². The molecule has 0 aliphatic heterocycles. The van der Waals surface area contributed by atoms with E-state index in [0.717, 1.165) is 48.3 Å². The van der Waals surface area contributed by atoms with Crippen LogP contribution in [0.2, 0.25) is 0 Å². The SMILES string of the molecule is CC(C)CCC[C@@H](C)[C@H]1CC[C@H]2[C@@H]3CC=C4CC(O[P+](=O)S)CC[C@]4(C)[C@H]3CC[C@]12C. The number of hydrogen-bond donors (Lipinski definition) is 1. The standard InChI is InChI=1S/C27H45O2PS/c1-18(2)7-6-8-19(3)23-11-12-24-22-10-9-20-17-21(29-30(28)31)13-15-26(20,4)25(22)14-16-27(23,24)5/h9,18-19,21-25H,6-8,10-17H2,1-5H3/p+1/t19-,21?,22+,23-,24+,25+,26+,27-/m1/s1. The Morgan fingerprint density at radius 1 is 1.10 bits per heavy atom. The van der Waals surface area contributed by atoms with Gasteiger partial charge in [0.05, 0.1) is 0 Å². The van der Waals surface area contributed by atoms with E-state index in [9.17, 15) is 4.57 Å². The summed E-state index contributed by atoms with van der Waals surface area (Å²) in [6, 6.07) is 0. The van der Waals surface area contributed by atoms with E-state index in [1.54, 1.807) is 5.57 Å². The first-order valence-corrected chi connectivity index (χ1v) is 15.5. The van der Waals surface area contributed by atoms with Crippen molar-refractivity contribution < 1.29 is 9.09 Å². The highest BCUT2D eigenvalue weighted by atomic mass is 32.7. The van der Waals surface area contributed by atoms with Crippen LogP contribution >= 0.6 is 19.5 Å². The summed E-state index contributed by atoms with van der Waals surface area (Å²) in [5.74, 6) is 5.28. The van der Waals surface area contributed by atoms with Crippen molar-refractivity contribution in [1.29, 1.82) is 0 Å². The topological polar surface area (TPSA) is 26.3 Å². The summed E-state index contributed by atoms with van der Waals surface area (Å²) in [6.07, 6.45) is 17.2. The van der Waals surface area contributed by atoms with E-state index >= 15 is 0 Å². The number of hydrogen-bond acceptors (Lipinski definition) is 2. The molecule has 2 unspecified atom stereocenters. The van der Waals surface area contributed by atoms with Gasteiger partial charge in [0.1, 0.15) is 18.4 Å². The molecule has 176 valence electrons. The Labute approximate surface area is 197 Å². The zero-order chi connectivity index (χ0) is 22.4. The fraction of sp³-hybridized carbons (Fsp3) is 0.926. The lowest BCUT2D eigenvalue weighted by atomic mass is 9.47. The molecule has 0 aromatic carbocycles. The molecule has 0 amide bonds. The molecule has 4 aliphatic carbocycles. The van der Waals surface area contributed by atoms with Crippen LogP contribution in [0.5, 0.6) is 0 Å². The minimum Gasteiger partial charge on any atom is -0.133 e. The third-order valence-electron chi connectivity index (χ3n) is 10.5. The third kappa shape index (κ3) is 4.59. The molecule has 0 heterocycles. The lowest BCUT2D eigenvalue weighted by Crippen LogP contribution is -2.50. The molecule has 0 aromatic rings. The maximum absolute atomic E-state index is 11.5. The van der Waals surface area contributed by atoms with Crippen molar-refractivity contribution in [2.24, 2.45) is 46.3 Å². The van der Waals surface area contributed by atoms with Crippen molar-refractivity contribution in [3.8, 4) is 0 Å². The first-order chi connectivity index (χ1) is 14.6. The van der Waals surface area contributed by atoms with Gasteiger partial charge in [-0.25, -0.2) is 0 Å². The maximum Gasteiger partial charge on any atom is 0.582 e. The largest absolute Gasteiger partial charge is 0.582 e. The molecule has 4 aliphatic rings. The molecule has 0 radical (unpaired) electrons. The molecule has 4 heteroatoms. The second-order valence-corrected chi connectivity index (χ2v) is 14.2. The summed E-state index contributed by atoms with van der Waals surface area (Å²) in [5.41, 5.74) is 2.51. The smallest absolute Gasteiger partial charge is 0.133 e. The molecule has 3 saturated carbocycles. The monoisotopic (exact) mass is 465 g/mol. The summed E-state index contributed by atoms with van der Waals surface area (Å²) in [7, 11) is -1.80. The van der Waals surface area contributed by atoms with Crippen molar-refractivity contribution in [2.75, 3.05) is 0 Å². The summed E-state index contributed by atoms with van der Waals surface area (Å²) in [6.45, 7) is 12.5. The van der Waals surface area contributed by atoms with Crippen LogP contribution in [0.25, 0.3) is 0 Å². The van der Waals surface area contributed by atoms with Gasteiger partial charge in [-0.3, -0.25) is 0 Å². The predicted octanol–water partition coefficient (Wildman–Crippen LogP) is 9.00. The maximum atomic E-state index is 11.5. The summed E-state index contributed by atoms with van der Waals surface area (Å²) < 4.78 is 17.1. The number of rotatable bonds is 7. The molecule has 2 nitrogen and oxygen atoms in total. The Morgan fingerprint density at radius 3 is 2.58 bits per heavy atom. The van der Waals surface area contributed by atoms with Crippen LogP contribution in [0.4, 0.5) is 0 Å². The molecular weight excluding hydrogens is 419 g/mol. The average molecular weight is 466 g/mol. The summed E-state index contributed by atoms with van der Waals surface area (Å²) >= 11 is 4.00. The highest BCUT2D eigenvalue weighted by Gasteiger charge is 2.59. The molecule has 3 fully saturated rings. The van der Waals surface area contributed by atoms with Crippen LogP contribution in [0.3, 0.4) is 0 Å². The van der Waals surface area contributed by atoms with E-state index in [4.69, 9.17) is 4.52 Å². The van der Waals surface area contributed by atoms with E-state index in [-0.39, 0.29) is 6.10 Å². The van der Waals surface area contributed by atoms with Crippen LogP contribution in [-0.4, -0.2) is 6.10 Å². The first-order valence-electron chi connectivity index (χ1n) is 13.2. The van der Waals surface area contributed by atoms with E-state index in [1.165, 1.54) is 57.8 Å². The van der Waals surface area contributed by atoms with Gasteiger partial charge in [-0.2, -0.15) is 0 Å². The van der Waals surface area contributed by atoms with Crippen molar-refractivity contribution in [1.82, 2.24) is 0 Å². The van der Waals surface area contributed by atoms with Crippen LogP contribution in [-0.2, 0) is 9.09 Å². The Morgan fingerprint density at radius 2 is 1.87 bits per heavy atom. The highest BCUT2D eigenvalue weighted by molar-refractivity contribution is 8.39.